The molecule has 2 aromatic rings. The molecule has 0 saturated heterocycles. The molecule has 0 spiro atoms. The molecule has 0 aromatic heterocycles. The van der Waals surface area contributed by atoms with Crippen molar-refractivity contribution in [3.05, 3.63) is 59.2 Å². The van der Waals surface area contributed by atoms with Crippen molar-refractivity contribution < 1.29 is 23.0 Å². The summed E-state index contributed by atoms with van der Waals surface area (Å²) in [6, 6.07) is 7.29. The standard InChI is InChI=1S/C18H20F2N2O3/c1-11(12-7-13(19)9-14(20)8-12)22-18(23)16-4-3-15(24-2)10-17(16)25-6-5-21/h3-4,7-11H,5-6,21H2,1-2H3,(H,22,23)/t11-/m1/s1. The van der Waals surface area contributed by atoms with E-state index in [1.807, 2.05) is 0 Å². The van der Waals surface area contributed by atoms with Crippen LogP contribution in [0.15, 0.2) is 36.4 Å². The van der Waals surface area contributed by atoms with Crippen LogP contribution >= 0.6 is 0 Å². The Morgan fingerprint density at radius 2 is 1.88 bits per heavy atom. The summed E-state index contributed by atoms with van der Waals surface area (Å²) in [5.41, 5.74) is 6.03. The number of rotatable bonds is 7. The van der Waals surface area contributed by atoms with Crippen LogP contribution in [0.25, 0.3) is 0 Å². The van der Waals surface area contributed by atoms with Crippen molar-refractivity contribution in [1.82, 2.24) is 5.32 Å². The second-order valence-electron chi connectivity index (χ2n) is 5.40. The minimum Gasteiger partial charge on any atom is -0.497 e. The largest absolute Gasteiger partial charge is 0.497 e. The molecule has 0 aliphatic carbocycles. The van der Waals surface area contributed by atoms with Crippen molar-refractivity contribution >= 4 is 5.91 Å². The molecule has 0 aliphatic rings. The van der Waals surface area contributed by atoms with Gasteiger partial charge >= 0.3 is 0 Å². The van der Waals surface area contributed by atoms with Crippen molar-refractivity contribution in [2.45, 2.75) is 13.0 Å². The van der Waals surface area contributed by atoms with Gasteiger partial charge in [0.15, 0.2) is 0 Å². The summed E-state index contributed by atoms with van der Waals surface area (Å²) >= 11 is 0. The summed E-state index contributed by atoms with van der Waals surface area (Å²) in [7, 11) is 1.50. The first-order valence-electron chi connectivity index (χ1n) is 7.72. The fraction of sp³-hybridized carbons (Fsp3) is 0.278. The predicted octanol–water partition coefficient (Wildman–Crippen LogP) is 2.80. The van der Waals surface area contributed by atoms with Gasteiger partial charge in [-0.3, -0.25) is 4.79 Å². The Bertz CT molecular complexity index is 733. The van der Waals surface area contributed by atoms with Crippen molar-refractivity contribution in [3.63, 3.8) is 0 Å². The van der Waals surface area contributed by atoms with Crippen LogP contribution in [0.4, 0.5) is 8.78 Å². The van der Waals surface area contributed by atoms with E-state index in [4.69, 9.17) is 15.2 Å². The zero-order valence-electron chi connectivity index (χ0n) is 14.0. The Morgan fingerprint density at radius 1 is 1.20 bits per heavy atom. The number of ether oxygens (including phenoxy) is 2. The number of hydrogen-bond donors (Lipinski definition) is 2. The molecule has 5 nitrogen and oxygen atoms in total. The molecule has 0 heterocycles. The highest BCUT2D eigenvalue weighted by Gasteiger charge is 2.17. The van der Waals surface area contributed by atoms with Crippen molar-refractivity contribution in [1.29, 1.82) is 0 Å². The fourth-order valence-corrected chi connectivity index (χ4v) is 2.29. The minimum atomic E-state index is -0.701. The number of methoxy groups -OCH3 is 1. The van der Waals surface area contributed by atoms with Gasteiger partial charge in [-0.15, -0.1) is 0 Å². The number of amides is 1. The van der Waals surface area contributed by atoms with Crippen LogP contribution in [-0.2, 0) is 0 Å². The molecule has 2 rings (SSSR count). The molecule has 0 aliphatic heterocycles. The van der Waals surface area contributed by atoms with Gasteiger partial charge in [0.25, 0.3) is 5.91 Å². The maximum atomic E-state index is 13.3. The first-order valence-corrected chi connectivity index (χ1v) is 7.72. The molecule has 1 atom stereocenters. The molecule has 134 valence electrons. The Balaban J connectivity index is 2.21. The number of halogens is 2. The highest BCUT2D eigenvalue weighted by molar-refractivity contribution is 5.97. The van der Waals surface area contributed by atoms with E-state index in [0.717, 1.165) is 6.07 Å². The molecule has 25 heavy (non-hydrogen) atoms. The van der Waals surface area contributed by atoms with Crippen LogP contribution in [-0.4, -0.2) is 26.2 Å². The normalized spacial score (nSPS) is 11.7. The van der Waals surface area contributed by atoms with Crippen LogP contribution in [0, 0.1) is 11.6 Å². The molecule has 0 fully saturated rings. The van der Waals surface area contributed by atoms with E-state index in [1.165, 1.54) is 19.2 Å². The van der Waals surface area contributed by atoms with Crippen LogP contribution < -0.4 is 20.5 Å². The van der Waals surface area contributed by atoms with Gasteiger partial charge in [-0.25, -0.2) is 8.78 Å². The molecule has 7 heteroatoms. The van der Waals surface area contributed by atoms with E-state index >= 15 is 0 Å². The van der Waals surface area contributed by atoms with Gasteiger partial charge in [0.05, 0.1) is 18.7 Å². The second-order valence-corrected chi connectivity index (χ2v) is 5.40. The first-order chi connectivity index (χ1) is 11.9. The molecule has 0 bridgehead atoms. The predicted molar refractivity (Wildman–Crippen MR) is 89.8 cm³/mol. The quantitative estimate of drug-likeness (QED) is 0.805. The smallest absolute Gasteiger partial charge is 0.255 e. The summed E-state index contributed by atoms with van der Waals surface area (Å²) in [4.78, 5) is 12.5. The summed E-state index contributed by atoms with van der Waals surface area (Å²) in [6.45, 7) is 2.16. The number of carbonyl (C=O) groups excluding carboxylic acids is 1. The maximum absolute atomic E-state index is 13.3. The van der Waals surface area contributed by atoms with E-state index in [-0.39, 0.29) is 18.7 Å². The Morgan fingerprint density at radius 3 is 2.48 bits per heavy atom. The number of carbonyl (C=O) groups is 1. The average Bonchev–Trinajstić information content (AvgIpc) is 2.58. The number of nitrogens with two attached hydrogens (primary N) is 1. The summed E-state index contributed by atoms with van der Waals surface area (Å²) in [5, 5.41) is 2.70. The number of benzene rings is 2. The zero-order valence-corrected chi connectivity index (χ0v) is 14.0. The van der Waals surface area contributed by atoms with E-state index in [2.05, 4.69) is 5.32 Å². The van der Waals surface area contributed by atoms with Crippen molar-refractivity contribution in [2.24, 2.45) is 5.73 Å². The van der Waals surface area contributed by atoms with E-state index < -0.39 is 23.6 Å². The Kier molecular flexibility index (Phi) is 6.30. The van der Waals surface area contributed by atoms with Crippen LogP contribution in [0.1, 0.15) is 28.9 Å². The Labute approximate surface area is 144 Å². The lowest BCUT2D eigenvalue weighted by Gasteiger charge is -2.17. The maximum Gasteiger partial charge on any atom is 0.255 e. The molecule has 0 radical (unpaired) electrons. The van der Waals surface area contributed by atoms with Crippen LogP contribution in [0.5, 0.6) is 11.5 Å². The lowest BCUT2D eigenvalue weighted by atomic mass is 10.1. The van der Waals surface area contributed by atoms with Crippen LogP contribution in [0.2, 0.25) is 0 Å². The number of hydrogen-bond acceptors (Lipinski definition) is 4. The summed E-state index contributed by atoms with van der Waals surface area (Å²) < 4.78 is 37.3. The van der Waals surface area contributed by atoms with Crippen molar-refractivity contribution in [3.8, 4) is 11.5 Å². The third kappa shape index (κ3) is 4.90. The van der Waals surface area contributed by atoms with E-state index in [0.29, 0.717) is 17.1 Å². The highest BCUT2D eigenvalue weighted by atomic mass is 19.1. The minimum absolute atomic E-state index is 0.234. The molecule has 1 amide bonds. The SMILES string of the molecule is COc1ccc(C(=O)N[C@H](C)c2cc(F)cc(F)c2)c(OCCN)c1. The summed E-state index contributed by atoms with van der Waals surface area (Å²) in [5.74, 6) is -0.990. The third-order valence-electron chi connectivity index (χ3n) is 3.54. The zero-order chi connectivity index (χ0) is 18.4. The molecule has 0 saturated carbocycles. The van der Waals surface area contributed by atoms with Gasteiger partial charge < -0.3 is 20.5 Å². The van der Waals surface area contributed by atoms with E-state index in [9.17, 15) is 13.6 Å². The number of nitrogens with one attached hydrogen (secondary N) is 1. The van der Waals surface area contributed by atoms with Crippen LogP contribution in [0.3, 0.4) is 0 Å². The van der Waals surface area contributed by atoms with Gasteiger partial charge in [0, 0.05) is 18.7 Å². The lowest BCUT2D eigenvalue weighted by Crippen LogP contribution is -2.27. The molecule has 2 aromatic carbocycles. The summed E-state index contributed by atoms with van der Waals surface area (Å²) in [6.07, 6.45) is 0. The lowest BCUT2D eigenvalue weighted by molar-refractivity contribution is 0.0935. The van der Waals surface area contributed by atoms with Gasteiger partial charge in [-0.1, -0.05) is 0 Å². The molecular formula is C18H20F2N2O3. The molecule has 0 unspecified atom stereocenters. The van der Waals surface area contributed by atoms with Gasteiger partial charge in [0.2, 0.25) is 0 Å². The van der Waals surface area contributed by atoms with E-state index in [1.54, 1.807) is 25.1 Å². The van der Waals surface area contributed by atoms with Crippen molar-refractivity contribution in [2.75, 3.05) is 20.3 Å². The van der Waals surface area contributed by atoms with Gasteiger partial charge in [-0.05, 0) is 36.8 Å². The highest BCUT2D eigenvalue weighted by Crippen LogP contribution is 2.26. The first kappa shape index (κ1) is 18.7. The third-order valence-corrected chi connectivity index (χ3v) is 3.54. The molecule has 3 N–H and O–H groups in total. The van der Waals surface area contributed by atoms with Gasteiger partial charge in [-0.2, -0.15) is 0 Å². The van der Waals surface area contributed by atoms with Gasteiger partial charge in [0.1, 0.15) is 29.7 Å². The Hall–Kier alpha value is -2.67. The average molecular weight is 350 g/mol. The fourth-order valence-electron chi connectivity index (χ4n) is 2.29. The second kappa shape index (κ2) is 8.43. The molecular weight excluding hydrogens is 330 g/mol. The topological polar surface area (TPSA) is 73.6 Å². The monoisotopic (exact) mass is 350 g/mol.